The maximum absolute atomic E-state index is 9.58. The van der Waals surface area contributed by atoms with Crippen LogP contribution in [0, 0.1) is 28.6 Å². The first-order valence-corrected chi connectivity index (χ1v) is 6.98. The van der Waals surface area contributed by atoms with Gasteiger partial charge >= 0.3 is 0 Å². The van der Waals surface area contributed by atoms with E-state index in [1.807, 2.05) is 48.5 Å². The molecule has 21 heavy (non-hydrogen) atoms. The standard InChI is InChI=1S/C19H14N2/c20-12-16-11-15(10-14-6-2-1-3-7-14)19(13-21)18-9-5-4-8-17(16)18/h1-9,11,15,19H,10H2. The Morgan fingerprint density at radius 3 is 2.33 bits per heavy atom. The molecule has 0 radical (unpaired) electrons. The number of allylic oxidation sites excluding steroid dienone is 2. The summed E-state index contributed by atoms with van der Waals surface area (Å²) in [7, 11) is 0. The Labute approximate surface area is 124 Å². The maximum atomic E-state index is 9.58. The van der Waals surface area contributed by atoms with Crippen LogP contribution in [0.2, 0.25) is 0 Å². The van der Waals surface area contributed by atoms with E-state index >= 15 is 0 Å². The molecular formula is C19H14N2. The lowest BCUT2D eigenvalue weighted by atomic mass is 9.75. The Bertz CT molecular complexity index is 760. The van der Waals surface area contributed by atoms with Gasteiger partial charge in [-0.1, -0.05) is 60.7 Å². The van der Waals surface area contributed by atoms with E-state index in [4.69, 9.17) is 0 Å². The van der Waals surface area contributed by atoms with Crippen molar-refractivity contribution in [2.24, 2.45) is 5.92 Å². The highest BCUT2D eigenvalue weighted by Gasteiger charge is 2.29. The third-order valence-corrected chi connectivity index (χ3v) is 3.97. The van der Waals surface area contributed by atoms with Gasteiger partial charge in [0.25, 0.3) is 0 Å². The highest BCUT2D eigenvalue weighted by Crippen LogP contribution is 2.39. The Morgan fingerprint density at radius 1 is 0.905 bits per heavy atom. The van der Waals surface area contributed by atoms with Crippen LogP contribution in [0.5, 0.6) is 0 Å². The fraction of sp³-hybridized carbons (Fsp3) is 0.158. The SMILES string of the molecule is N#CC1=CC(Cc2ccccc2)C(C#N)c2ccccc21. The molecule has 0 spiro atoms. The van der Waals surface area contributed by atoms with Crippen molar-refractivity contribution in [2.75, 3.05) is 0 Å². The van der Waals surface area contributed by atoms with Crippen LogP contribution in [0.1, 0.15) is 22.6 Å². The molecule has 0 fully saturated rings. The smallest absolute Gasteiger partial charge is 0.0994 e. The fourth-order valence-electron chi connectivity index (χ4n) is 2.97. The molecule has 2 unspecified atom stereocenters. The largest absolute Gasteiger partial charge is 0.198 e. The molecule has 0 bridgehead atoms. The molecular weight excluding hydrogens is 256 g/mol. The molecule has 2 aromatic rings. The highest BCUT2D eigenvalue weighted by atomic mass is 14.4. The van der Waals surface area contributed by atoms with E-state index in [0.717, 1.165) is 17.5 Å². The molecule has 2 heteroatoms. The highest BCUT2D eigenvalue weighted by molar-refractivity contribution is 5.81. The van der Waals surface area contributed by atoms with Crippen LogP contribution in [-0.2, 0) is 6.42 Å². The molecule has 100 valence electrons. The quantitative estimate of drug-likeness (QED) is 0.825. The minimum atomic E-state index is -0.196. The first kappa shape index (κ1) is 13.2. The molecule has 0 aromatic heterocycles. The van der Waals surface area contributed by atoms with Gasteiger partial charge < -0.3 is 0 Å². The summed E-state index contributed by atoms with van der Waals surface area (Å²) in [6, 6.07) is 22.5. The molecule has 1 aliphatic carbocycles. The van der Waals surface area contributed by atoms with Crippen molar-refractivity contribution < 1.29 is 0 Å². The monoisotopic (exact) mass is 270 g/mol. The second kappa shape index (κ2) is 5.65. The number of benzene rings is 2. The summed E-state index contributed by atoms with van der Waals surface area (Å²) < 4.78 is 0. The molecule has 0 amide bonds. The number of fused-ring (bicyclic) bond motifs is 1. The van der Waals surface area contributed by atoms with Crippen molar-refractivity contribution in [1.82, 2.24) is 0 Å². The third-order valence-electron chi connectivity index (χ3n) is 3.97. The topological polar surface area (TPSA) is 47.6 Å². The van der Waals surface area contributed by atoms with E-state index in [9.17, 15) is 10.5 Å². The van der Waals surface area contributed by atoms with Crippen molar-refractivity contribution >= 4 is 5.57 Å². The van der Waals surface area contributed by atoms with E-state index in [1.165, 1.54) is 5.56 Å². The van der Waals surface area contributed by atoms with Gasteiger partial charge in [-0.05, 0) is 23.1 Å². The van der Waals surface area contributed by atoms with Gasteiger partial charge in [0, 0.05) is 5.92 Å². The van der Waals surface area contributed by atoms with Crippen LogP contribution in [0.15, 0.2) is 60.7 Å². The predicted octanol–water partition coefficient (Wildman–Crippen LogP) is 4.07. The van der Waals surface area contributed by atoms with Crippen LogP contribution in [-0.4, -0.2) is 0 Å². The van der Waals surface area contributed by atoms with Crippen molar-refractivity contribution in [3.63, 3.8) is 0 Å². The van der Waals surface area contributed by atoms with Gasteiger partial charge in [-0.15, -0.1) is 0 Å². The lowest BCUT2D eigenvalue weighted by Gasteiger charge is -2.26. The molecule has 2 nitrogen and oxygen atoms in total. The van der Waals surface area contributed by atoms with Crippen molar-refractivity contribution in [3.05, 3.63) is 77.4 Å². The summed E-state index contributed by atoms with van der Waals surface area (Å²) >= 11 is 0. The Hall–Kier alpha value is -2.84. The van der Waals surface area contributed by atoms with Gasteiger partial charge in [0.15, 0.2) is 0 Å². The first-order chi connectivity index (χ1) is 10.3. The number of nitrogens with zero attached hydrogens (tertiary/aromatic N) is 2. The van der Waals surface area contributed by atoms with E-state index < -0.39 is 0 Å². The molecule has 0 aliphatic heterocycles. The minimum Gasteiger partial charge on any atom is -0.198 e. The van der Waals surface area contributed by atoms with E-state index in [1.54, 1.807) is 0 Å². The maximum Gasteiger partial charge on any atom is 0.0994 e. The fourth-order valence-corrected chi connectivity index (χ4v) is 2.97. The molecule has 0 N–H and O–H groups in total. The number of hydrogen-bond donors (Lipinski definition) is 0. The Morgan fingerprint density at radius 2 is 1.62 bits per heavy atom. The van der Waals surface area contributed by atoms with Gasteiger partial charge in [-0.3, -0.25) is 0 Å². The Balaban J connectivity index is 2.03. The summed E-state index contributed by atoms with van der Waals surface area (Å²) in [5.74, 6) is -0.152. The zero-order valence-electron chi connectivity index (χ0n) is 11.5. The van der Waals surface area contributed by atoms with Gasteiger partial charge in [-0.2, -0.15) is 10.5 Å². The van der Waals surface area contributed by atoms with Crippen LogP contribution in [0.25, 0.3) is 5.57 Å². The van der Waals surface area contributed by atoms with Gasteiger partial charge in [0.05, 0.1) is 23.6 Å². The molecule has 2 atom stereocenters. The van der Waals surface area contributed by atoms with Gasteiger partial charge in [0.2, 0.25) is 0 Å². The van der Waals surface area contributed by atoms with Crippen molar-refractivity contribution in [2.45, 2.75) is 12.3 Å². The molecule has 0 heterocycles. The second-order valence-corrected chi connectivity index (χ2v) is 5.24. The number of nitriles is 2. The van der Waals surface area contributed by atoms with Crippen LogP contribution in [0.3, 0.4) is 0 Å². The summed E-state index contributed by atoms with van der Waals surface area (Å²) in [6.07, 6.45) is 2.74. The average Bonchev–Trinajstić information content (AvgIpc) is 2.55. The molecule has 2 aromatic carbocycles. The summed E-state index contributed by atoms with van der Waals surface area (Å²) in [4.78, 5) is 0. The second-order valence-electron chi connectivity index (χ2n) is 5.24. The first-order valence-electron chi connectivity index (χ1n) is 6.98. The van der Waals surface area contributed by atoms with Crippen molar-refractivity contribution in [1.29, 1.82) is 10.5 Å². The zero-order valence-corrected chi connectivity index (χ0v) is 11.5. The number of rotatable bonds is 2. The zero-order chi connectivity index (χ0) is 14.7. The number of hydrogen-bond acceptors (Lipinski definition) is 2. The molecule has 3 rings (SSSR count). The normalized spacial score (nSPS) is 19.8. The molecule has 0 saturated heterocycles. The average molecular weight is 270 g/mol. The summed E-state index contributed by atoms with van der Waals surface area (Å²) in [6.45, 7) is 0. The predicted molar refractivity (Wildman–Crippen MR) is 82.0 cm³/mol. The lowest BCUT2D eigenvalue weighted by molar-refractivity contribution is 0.582. The van der Waals surface area contributed by atoms with Crippen LogP contribution in [0.4, 0.5) is 0 Å². The van der Waals surface area contributed by atoms with E-state index in [-0.39, 0.29) is 11.8 Å². The van der Waals surface area contributed by atoms with Crippen molar-refractivity contribution in [3.8, 4) is 12.1 Å². The van der Waals surface area contributed by atoms with Crippen LogP contribution >= 0.6 is 0 Å². The summed E-state index contributed by atoms with van der Waals surface area (Å²) in [5.41, 5.74) is 3.74. The molecule has 0 saturated carbocycles. The van der Waals surface area contributed by atoms with Gasteiger partial charge in [0.1, 0.15) is 0 Å². The summed E-state index contributed by atoms with van der Waals surface area (Å²) in [5, 5.41) is 19.0. The Kier molecular flexibility index (Phi) is 3.54. The molecule has 1 aliphatic rings. The third kappa shape index (κ3) is 2.45. The van der Waals surface area contributed by atoms with Gasteiger partial charge in [-0.25, -0.2) is 0 Å². The van der Waals surface area contributed by atoms with Crippen LogP contribution < -0.4 is 0 Å². The lowest BCUT2D eigenvalue weighted by Crippen LogP contribution is -2.18. The van der Waals surface area contributed by atoms with E-state index in [0.29, 0.717) is 5.57 Å². The van der Waals surface area contributed by atoms with E-state index in [2.05, 4.69) is 24.3 Å². The minimum absolute atomic E-state index is 0.0435.